The lowest BCUT2D eigenvalue weighted by molar-refractivity contribution is 1.08. The quantitative estimate of drug-likeness (QED) is 0.705. The lowest BCUT2D eigenvalue weighted by Crippen LogP contribution is -1.92. The molecule has 3 rings (SSSR count). The van der Waals surface area contributed by atoms with Crippen LogP contribution in [0.15, 0.2) is 48.5 Å². The average molecular weight is 290 g/mol. The van der Waals surface area contributed by atoms with Crippen molar-refractivity contribution in [3.63, 3.8) is 0 Å². The summed E-state index contributed by atoms with van der Waals surface area (Å²) in [4.78, 5) is 8.32. The Hall–Kier alpha value is -2.35. The van der Waals surface area contributed by atoms with E-state index in [0.29, 0.717) is 0 Å². The van der Waals surface area contributed by atoms with Crippen molar-refractivity contribution >= 4 is 0 Å². The number of hydrogen-bond acceptors (Lipinski definition) is 1. The summed E-state index contributed by atoms with van der Waals surface area (Å²) in [5.74, 6) is 0.968. The van der Waals surface area contributed by atoms with E-state index in [1.54, 1.807) is 0 Å². The maximum absolute atomic E-state index is 4.86. The Labute approximate surface area is 132 Å². The van der Waals surface area contributed by atoms with Gasteiger partial charge in [0.05, 0.1) is 5.69 Å². The summed E-state index contributed by atoms with van der Waals surface area (Å²) in [5.41, 5.74) is 7.26. The molecule has 0 fully saturated rings. The van der Waals surface area contributed by atoms with Crippen LogP contribution in [0.1, 0.15) is 30.7 Å². The predicted octanol–water partition coefficient (Wildman–Crippen LogP) is 5.18. The van der Waals surface area contributed by atoms with Gasteiger partial charge in [-0.25, -0.2) is 4.98 Å². The Balaban J connectivity index is 2.07. The van der Waals surface area contributed by atoms with Gasteiger partial charge in [0.2, 0.25) is 0 Å². The van der Waals surface area contributed by atoms with E-state index in [1.807, 2.05) is 6.07 Å². The van der Waals surface area contributed by atoms with Gasteiger partial charge in [-0.3, -0.25) is 0 Å². The van der Waals surface area contributed by atoms with Crippen LogP contribution in [0.4, 0.5) is 0 Å². The van der Waals surface area contributed by atoms with Crippen molar-refractivity contribution in [1.82, 2.24) is 9.97 Å². The Morgan fingerprint density at radius 1 is 0.955 bits per heavy atom. The van der Waals surface area contributed by atoms with E-state index in [2.05, 4.69) is 68.2 Å². The minimum absolute atomic E-state index is 0.968. The van der Waals surface area contributed by atoms with Crippen LogP contribution in [-0.4, -0.2) is 9.97 Å². The standard InChI is InChI=1S/C20H22N2/c1-4-15-11-12-18(16(5-2)13-15)20-21-14(3)19(22-20)17-9-7-6-8-10-17/h6-13H,4-5H2,1-3H3,(H,21,22). The molecule has 0 aliphatic carbocycles. The summed E-state index contributed by atoms with van der Waals surface area (Å²) in [7, 11) is 0. The summed E-state index contributed by atoms with van der Waals surface area (Å²) < 4.78 is 0. The average Bonchev–Trinajstić information content (AvgIpc) is 2.96. The first kappa shape index (κ1) is 14.6. The van der Waals surface area contributed by atoms with Crippen LogP contribution in [0, 0.1) is 6.92 Å². The van der Waals surface area contributed by atoms with E-state index < -0.39 is 0 Å². The monoisotopic (exact) mass is 290 g/mol. The smallest absolute Gasteiger partial charge is 0.138 e. The fraction of sp³-hybridized carbons (Fsp3) is 0.250. The first-order valence-corrected chi connectivity index (χ1v) is 7.97. The highest BCUT2D eigenvalue weighted by atomic mass is 14.9. The summed E-state index contributed by atoms with van der Waals surface area (Å²) in [6.07, 6.45) is 2.09. The van der Waals surface area contributed by atoms with Gasteiger partial charge in [0.25, 0.3) is 0 Å². The fourth-order valence-corrected chi connectivity index (χ4v) is 2.86. The minimum atomic E-state index is 0.968. The van der Waals surface area contributed by atoms with Crippen LogP contribution in [0.25, 0.3) is 22.6 Å². The number of hydrogen-bond donors (Lipinski definition) is 1. The molecule has 0 amide bonds. The van der Waals surface area contributed by atoms with Gasteiger partial charge in [0.1, 0.15) is 5.82 Å². The van der Waals surface area contributed by atoms with Crippen LogP contribution in [-0.2, 0) is 12.8 Å². The van der Waals surface area contributed by atoms with Crippen molar-refractivity contribution in [2.75, 3.05) is 0 Å². The molecule has 1 heterocycles. The second kappa shape index (κ2) is 6.18. The predicted molar refractivity (Wildman–Crippen MR) is 93.0 cm³/mol. The third-order valence-electron chi connectivity index (χ3n) is 4.15. The Bertz CT molecular complexity index is 770. The number of imidazole rings is 1. The van der Waals surface area contributed by atoms with Gasteiger partial charge in [0.15, 0.2) is 0 Å². The molecule has 112 valence electrons. The third kappa shape index (κ3) is 2.69. The number of aromatic amines is 1. The highest BCUT2D eigenvalue weighted by Gasteiger charge is 2.12. The van der Waals surface area contributed by atoms with Gasteiger partial charge < -0.3 is 4.98 Å². The van der Waals surface area contributed by atoms with E-state index in [-0.39, 0.29) is 0 Å². The molecular weight excluding hydrogens is 268 g/mol. The summed E-state index contributed by atoms with van der Waals surface area (Å²) >= 11 is 0. The van der Waals surface area contributed by atoms with Gasteiger partial charge in [-0.05, 0) is 30.9 Å². The van der Waals surface area contributed by atoms with Crippen LogP contribution in [0.5, 0.6) is 0 Å². The van der Waals surface area contributed by atoms with Gasteiger partial charge >= 0.3 is 0 Å². The second-order valence-corrected chi connectivity index (χ2v) is 5.62. The molecule has 2 aromatic carbocycles. The Morgan fingerprint density at radius 3 is 2.41 bits per heavy atom. The zero-order chi connectivity index (χ0) is 15.5. The molecule has 22 heavy (non-hydrogen) atoms. The molecule has 3 aromatic rings. The Kier molecular flexibility index (Phi) is 4.10. The molecule has 0 aliphatic rings. The Morgan fingerprint density at radius 2 is 1.73 bits per heavy atom. The molecule has 0 saturated heterocycles. The first-order valence-electron chi connectivity index (χ1n) is 7.97. The molecule has 0 bridgehead atoms. The number of aromatic nitrogens is 2. The normalized spacial score (nSPS) is 10.9. The second-order valence-electron chi connectivity index (χ2n) is 5.62. The number of nitrogens with zero attached hydrogens (tertiary/aromatic N) is 1. The molecule has 0 aliphatic heterocycles. The van der Waals surface area contributed by atoms with Gasteiger partial charge in [-0.15, -0.1) is 0 Å². The lowest BCUT2D eigenvalue weighted by Gasteiger charge is -2.07. The van der Waals surface area contributed by atoms with Gasteiger partial charge in [-0.1, -0.05) is 62.4 Å². The number of aryl methyl sites for hydroxylation is 3. The maximum atomic E-state index is 4.86. The SMILES string of the molecule is CCc1ccc(-c2nc(-c3ccccc3)c(C)[nH]2)c(CC)c1. The lowest BCUT2D eigenvalue weighted by atomic mass is 10.0. The van der Waals surface area contributed by atoms with E-state index in [0.717, 1.165) is 35.6 Å². The summed E-state index contributed by atoms with van der Waals surface area (Å²) in [6, 6.07) is 17.1. The zero-order valence-corrected chi connectivity index (χ0v) is 13.5. The molecule has 2 heteroatoms. The van der Waals surface area contributed by atoms with E-state index in [9.17, 15) is 0 Å². The van der Waals surface area contributed by atoms with Crippen LogP contribution < -0.4 is 0 Å². The highest BCUT2D eigenvalue weighted by Crippen LogP contribution is 2.28. The third-order valence-corrected chi connectivity index (χ3v) is 4.15. The molecule has 1 N–H and O–H groups in total. The van der Waals surface area contributed by atoms with Gasteiger partial charge in [-0.2, -0.15) is 0 Å². The zero-order valence-electron chi connectivity index (χ0n) is 13.5. The van der Waals surface area contributed by atoms with Crippen molar-refractivity contribution in [2.45, 2.75) is 33.6 Å². The van der Waals surface area contributed by atoms with Crippen molar-refractivity contribution in [3.05, 3.63) is 65.4 Å². The highest BCUT2D eigenvalue weighted by molar-refractivity contribution is 5.69. The van der Waals surface area contributed by atoms with Crippen molar-refractivity contribution < 1.29 is 0 Å². The maximum Gasteiger partial charge on any atom is 0.138 e. The van der Waals surface area contributed by atoms with E-state index in [1.165, 1.54) is 16.7 Å². The molecule has 0 atom stereocenters. The first-order chi connectivity index (χ1) is 10.7. The fourth-order valence-electron chi connectivity index (χ4n) is 2.86. The molecule has 0 unspecified atom stereocenters. The molecular formula is C20H22N2. The molecule has 0 saturated carbocycles. The molecule has 2 nitrogen and oxygen atoms in total. The van der Waals surface area contributed by atoms with Crippen molar-refractivity contribution in [3.8, 4) is 22.6 Å². The summed E-state index contributed by atoms with van der Waals surface area (Å²) in [5, 5.41) is 0. The molecule has 1 aromatic heterocycles. The number of nitrogens with one attached hydrogen (secondary N) is 1. The summed E-state index contributed by atoms with van der Waals surface area (Å²) in [6.45, 7) is 6.48. The largest absolute Gasteiger partial charge is 0.342 e. The van der Waals surface area contributed by atoms with Gasteiger partial charge in [0, 0.05) is 16.8 Å². The van der Waals surface area contributed by atoms with E-state index in [4.69, 9.17) is 4.98 Å². The minimum Gasteiger partial charge on any atom is -0.342 e. The topological polar surface area (TPSA) is 28.7 Å². The van der Waals surface area contributed by atoms with Crippen LogP contribution in [0.3, 0.4) is 0 Å². The molecule has 0 spiro atoms. The number of benzene rings is 2. The van der Waals surface area contributed by atoms with Crippen LogP contribution in [0.2, 0.25) is 0 Å². The van der Waals surface area contributed by atoms with Crippen molar-refractivity contribution in [2.24, 2.45) is 0 Å². The number of rotatable bonds is 4. The van der Waals surface area contributed by atoms with E-state index >= 15 is 0 Å². The number of H-pyrrole nitrogens is 1. The van der Waals surface area contributed by atoms with Crippen LogP contribution >= 0.6 is 0 Å². The molecule has 0 radical (unpaired) electrons. The van der Waals surface area contributed by atoms with Crippen molar-refractivity contribution in [1.29, 1.82) is 0 Å².